The van der Waals surface area contributed by atoms with Crippen molar-refractivity contribution in [2.24, 2.45) is 0 Å². The summed E-state index contributed by atoms with van der Waals surface area (Å²) < 4.78 is 11.5. The Bertz CT molecular complexity index is 862. The first-order chi connectivity index (χ1) is 12.0. The van der Waals surface area contributed by atoms with Crippen LogP contribution in [-0.2, 0) is 9.59 Å². The van der Waals surface area contributed by atoms with Gasteiger partial charge in [-0.1, -0.05) is 6.07 Å². The van der Waals surface area contributed by atoms with Gasteiger partial charge in [-0.3, -0.25) is 15.0 Å². The van der Waals surface area contributed by atoms with Crippen LogP contribution in [0.2, 0.25) is 0 Å². The number of methoxy groups -OCH3 is 2. The first-order valence-electron chi connectivity index (χ1n) is 7.38. The lowest BCUT2D eigenvalue weighted by Gasteiger charge is -2.14. The lowest BCUT2D eigenvalue weighted by atomic mass is 10.1. The van der Waals surface area contributed by atoms with Gasteiger partial charge in [-0.05, 0) is 70.6 Å². The van der Waals surface area contributed by atoms with Crippen molar-refractivity contribution in [3.8, 4) is 11.5 Å². The maximum absolute atomic E-state index is 12.6. The van der Waals surface area contributed by atoms with Crippen molar-refractivity contribution in [2.45, 2.75) is 0 Å². The van der Waals surface area contributed by atoms with E-state index < -0.39 is 11.8 Å². The van der Waals surface area contributed by atoms with Crippen molar-refractivity contribution in [3.05, 3.63) is 57.2 Å². The average Bonchev–Trinajstić information content (AvgIpc) is 2.90. The van der Waals surface area contributed by atoms with Gasteiger partial charge in [-0.15, -0.1) is 0 Å². The van der Waals surface area contributed by atoms with Crippen LogP contribution in [0, 0.1) is 3.57 Å². The first kappa shape index (κ1) is 17.3. The van der Waals surface area contributed by atoms with Gasteiger partial charge in [-0.25, -0.2) is 5.01 Å². The summed E-state index contributed by atoms with van der Waals surface area (Å²) in [6.07, 6.45) is 1.53. The molecule has 2 aromatic carbocycles. The molecule has 1 fully saturated rings. The fourth-order valence-electron chi connectivity index (χ4n) is 2.44. The van der Waals surface area contributed by atoms with E-state index in [9.17, 15) is 9.59 Å². The smallest absolute Gasteiger partial charge is 0.282 e. The zero-order valence-electron chi connectivity index (χ0n) is 13.6. The number of nitrogens with one attached hydrogen (secondary N) is 1. The fourth-order valence-corrected chi connectivity index (χ4v) is 2.80. The Morgan fingerprint density at radius 2 is 1.68 bits per heavy atom. The standard InChI is InChI=1S/C18H15IN2O4/c1-24-15-8-3-11(10-16(15)25-2)9-14-17(22)20-21(18(14)23)13-6-4-12(19)5-7-13/h3-10H,1-2H3,(H,20,22)/b14-9+. The van der Waals surface area contributed by atoms with E-state index in [1.54, 1.807) is 37.4 Å². The molecule has 1 aliphatic rings. The van der Waals surface area contributed by atoms with Gasteiger partial charge in [0.05, 0.1) is 19.9 Å². The molecule has 1 N–H and O–H groups in total. The summed E-state index contributed by atoms with van der Waals surface area (Å²) in [5.41, 5.74) is 3.91. The number of carbonyl (C=O) groups excluding carboxylic acids is 2. The van der Waals surface area contributed by atoms with Gasteiger partial charge in [0.1, 0.15) is 5.57 Å². The number of anilines is 1. The molecule has 0 atom stereocenters. The predicted octanol–water partition coefficient (Wildman–Crippen LogP) is 2.77. The van der Waals surface area contributed by atoms with Crippen molar-refractivity contribution in [1.82, 2.24) is 5.43 Å². The average molecular weight is 450 g/mol. The van der Waals surface area contributed by atoms with Crippen LogP contribution in [0.5, 0.6) is 11.5 Å². The maximum Gasteiger partial charge on any atom is 0.282 e. The monoisotopic (exact) mass is 450 g/mol. The third-order valence-electron chi connectivity index (χ3n) is 3.69. The molecule has 0 saturated carbocycles. The fraction of sp³-hybridized carbons (Fsp3) is 0.111. The molecule has 6 nitrogen and oxygen atoms in total. The van der Waals surface area contributed by atoms with Crippen LogP contribution in [0.15, 0.2) is 48.0 Å². The van der Waals surface area contributed by atoms with Crippen LogP contribution >= 0.6 is 22.6 Å². The van der Waals surface area contributed by atoms with Crippen molar-refractivity contribution in [2.75, 3.05) is 19.2 Å². The highest BCUT2D eigenvalue weighted by Gasteiger charge is 2.34. The molecule has 2 amide bonds. The van der Waals surface area contributed by atoms with Gasteiger partial charge in [0.2, 0.25) is 0 Å². The number of rotatable bonds is 4. The second-order valence-corrected chi connectivity index (χ2v) is 6.48. The number of hydrogen-bond donors (Lipinski definition) is 1. The molecule has 1 saturated heterocycles. The number of halogens is 1. The van der Waals surface area contributed by atoms with E-state index in [4.69, 9.17) is 9.47 Å². The molecule has 3 rings (SSSR count). The molecule has 25 heavy (non-hydrogen) atoms. The van der Waals surface area contributed by atoms with E-state index in [2.05, 4.69) is 28.0 Å². The third-order valence-corrected chi connectivity index (χ3v) is 4.41. The molecule has 1 aliphatic heterocycles. The summed E-state index contributed by atoms with van der Waals surface area (Å²) >= 11 is 2.18. The van der Waals surface area contributed by atoms with E-state index in [1.807, 2.05) is 12.1 Å². The Balaban J connectivity index is 1.92. The Labute approximate surface area is 158 Å². The Morgan fingerprint density at radius 3 is 2.32 bits per heavy atom. The van der Waals surface area contributed by atoms with E-state index in [0.29, 0.717) is 22.7 Å². The zero-order valence-corrected chi connectivity index (χ0v) is 15.7. The second-order valence-electron chi connectivity index (χ2n) is 5.23. The first-order valence-corrected chi connectivity index (χ1v) is 8.46. The maximum atomic E-state index is 12.6. The Morgan fingerprint density at radius 1 is 1.00 bits per heavy atom. The number of ether oxygens (including phenoxy) is 2. The number of benzene rings is 2. The second kappa shape index (κ2) is 7.14. The Hall–Kier alpha value is -2.55. The van der Waals surface area contributed by atoms with Crippen molar-refractivity contribution in [3.63, 3.8) is 0 Å². The van der Waals surface area contributed by atoms with Crippen LogP contribution in [0.25, 0.3) is 6.08 Å². The molecule has 0 bridgehead atoms. The van der Waals surface area contributed by atoms with Crippen molar-refractivity contribution >= 4 is 46.2 Å². The summed E-state index contributed by atoms with van der Waals surface area (Å²) in [7, 11) is 3.07. The summed E-state index contributed by atoms with van der Waals surface area (Å²) in [6, 6.07) is 12.5. The zero-order chi connectivity index (χ0) is 18.0. The summed E-state index contributed by atoms with van der Waals surface area (Å²) in [4.78, 5) is 24.8. The molecule has 2 aromatic rings. The van der Waals surface area contributed by atoms with Gasteiger partial charge in [0.15, 0.2) is 11.5 Å². The molecule has 0 unspecified atom stereocenters. The van der Waals surface area contributed by atoms with Crippen molar-refractivity contribution in [1.29, 1.82) is 0 Å². The summed E-state index contributed by atoms with van der Waals surface area (Å²) in [5.74, 6) is 0.254. The highest BCUT2D eigenvalue weighted by Crippen LogP contribution is 2.29. The quantitative estimate of drug-likeness (QED) is 0.442. The van der Waals surface area contributed by atoms with Gasteiger partial charge >= 0.3 is 0 Å². The molecular formula is C18H15IN2O4. The molecule has 0 spiro atoms. The van der Waals surface area contributed by atoms with E-state index in [-0.39, 0.29) is 5.57 Å². The van der Waals surface area contributed by atoms with Crippen LogP contribution in [0.4, 0.5) is 5.69 Å². The minimum Gasteiger partial charge on any atom is -0.493 e. The lowest BCUT2D eigenvalue weighted by molar-refractivity contribution is -0.117. The number of hydrogen-bond acceptors (Lipinski definition) is 4. The minimum absolute atomic E-state index is 0.0609. The number of carbonyl (C=O) groups is 2. The van der Waals surface area contributed by atoms with Gasteiger partial charge in [0, 0.05) is 3.57 Å². The summed E-state index contributed by atoms with van der Waals surface area (Å²) in [5, 5.41) is 1.24. The lowest BCUT2D eigenvalue weighted by Crippen LogP contribution is -2.35. The van der Waals surface area contributed by atoms with Crippen LogP contribution in [0.3, 0.4) is 0 Å². The number of amides is 2. The third kappa shape index (κ3) is 3.46. The summed E-state index contributed by atoms with van der Waals surface area (Å²) in [6.45, 7) is 0. The Kier molecular flexibility index (Phi) is 4.93. The predicted molar refractivity (Wildman–Crippen MR) is 102 cm³/mol. The van der Waals surface area contributed by atoms with E-state index in [0.717, 1.165) is 3.57 Å². The highest BCUT2D eigenvalue weighted by atomic mass is 127. The van der Waals surface area contributed by atoms with Gasteiger partial charge in [-0.2, -0.15) is 0 Å². The molecule has 0 aliphatic carbocycles. The highest BCUT2D eigenvalue weighted by molar-refractivity contribution is 14.1. The van der Waals surface area contributed by atoms with Crippen LogP contribution in [0.1, 0.15) is 5.56 Å². The van der Waals surface area contributed by atoms with E-state index >= 15 is 0 Å². The topological polar surface area (TPSA) is 67.9 Å². The van der Waals surface area contributed by atoms with Crippen LogP contribution < -0.4 is 19.9 Å². The number of nitrogens with zero attached hydrogens (tertiary/aromatic N) is 1. The van der Waals surface area contributed by atoms with Crippen molar-refractivity contribution < 1.29 is 19.1 Å². The molecule has 128 valence electrons. The van der Waals surface area contributed by atoms with Gasteiger partial charge in [0.25, 0.3) is 11.8 Å². The molecule has 0 radical (unpaired) electrons. The molecule has 1 heterocycles. The molecule has 7 heteroatoms. The minimum atomic E-state index is -0.446. The van der Waals surface area contributed by atoms with Gasteiger partial charge < -0.3 is 9.47 Å². The largest absolute Gasteiger partial charge is 0.493 e. The van der Waals surface area contributed by atoms with E-state index in [1.165, 1.54) is 18.2 Å². The molecule has 0 aromatic heterocycles. The normalized spacial score (nSPS) is 15.5. The molecular weight excluding hydrogens is 435 g/mol. The number of hydrazine groups is 1. The SMILES string of the molecule is COc1ccc(/C=C2\C(=O)NN(c3ccc(I)cc3)C2=O)cc1OC. The van der Waals surface area contributed by atoms with Crippen LogP contribution in [-0.4, -0.2) is 26.0 Å².